The summed E-state index contributed by atoms with van der Waals surface area (Å²) in [6.07, 6.45) is 0. The van der Waals surface area contributed by atoms with Crippen LogP contribution in [0.5, 0.6) is 0 Å². The molecule has 0 fully saturated rings. The first-order valence-electron chi connectivity index (χ1n) is 4.65. The molecule has 4 heteroatoms. The molecule has 3 nitrogen and oxygen atoms in total. The third kappa shape index (κ3) is 4.32. The maximum absolute atomic E-state index is 11.3. The van der Waals surface area contributed by atoms with E-state index in [9.17, 15) is 4.79 Å². The normalized spacial score (nSPS) is 9.27. The lowest BCUT2D eigenvalue weighted by Gasteiger charge is -2.08. The van der Waals surface area contributed by atoms with Crippen molar-refractivity contribution in [2.45, 2.75) is 13.8 Å². The molecule has 1 aromatic rings. The molecule has 0 bridgehead atoms. The molecule has 15 heavy (non-hydrogen) atoms. The molecule has 1 amide bonds. The second-order valence-electron chi connectivity index (χ2n) is 3.40. The summed E-state index contributed by atoms with van der Waals surface area (Å²) < 4.78 is 0. The van der Waals surface area contributed by atoms with Gasteiger partial charge in [0, 0.05) is 5.69 Å². The average molecular weight is 229 g/mol. The molecule has 0 radical (unpaired) electrons. The summed E-state index contributed by atoms with van der Waals surface area (Å²) in [7, 11) is 1.75. The van der Waals surface area contributed by atoms with Crippen LogP contribution in [-0.4, -0.2) is 19.5 Å². The van der Waals surface area contributed by atoms with Crippen LogP contribution in [0.15, 0.2) is 18.2 Å². The molecule has 0 aliphatic heterocycles. The van der Waals surface area contributed by atoms with Gasteiger partial charge in [0.25, 0.3) is 0 Å². The van der Waals surface area contributed by atoms with Crippen LogP contribution in [0, 0.1) is 13.8 Å². The summed E-state index contributed by atoms with van der Waals surface area (Å²) in [5, 5.41) is 5.66. The van der Waals surface area contributed by atoms with Crippen molar-refractivity contribution in [1.29, 1.82) is 0 Å². The highest BCUT2D eigenvalue weighted by Gasteiger charge is 2.02. The number of rotatable bonds is 3. The molecule has 2 N–H and O–H groups in total. The molecular weight excluding hydrogens is 212 g/mol. The first kappa shape index (κ1) is 13.9. The lowest BCUT2D eigenvalue weighted by molar-refractivity contribution is -0.115. The van der Waals surface area contributed by atoms with Crippen LogP contribution in [0.3, 0.4) is 0 Å². The zero-order chi connectivity index (χ0) is 10.6. The molecule has 0 heterocycles. The number of halogens is 1. The number of hydrogen-bond donors (Lipinski definition) is 2. The molecule has 0 aromatic heterocycles. The Morgan fingerprint density at radius 2 is 2.00 bits per heavy atom. The van der Waals surface area contributed by atoms with Gasteiger partial charge in [0.05, 0.1) is 6.54 Å². The lowest BCUT2D eigenvalue weighted by atomic mass is 10.1. The van der Waals surface area contributed by atoms with E-state index < -0.39 is 0 Å². The van der Waals surface area contributed by atoms with Crippen molar-refractivity contribution < 1.29 is 4.79 Å². The van der Waals surface area contributed by atoms with Crippen LogP contribution < -0.4 is 10.6 Å². The zero-order valence-electron chi connectivity index (χ0n) is 9.26. The van der Waals surface area contributed by atoms with Crippen molar-refractivity contribution in [3.8, 4) is 0 Å². The summed E-state index contributed by atoms with van der Waals surface area (Å²) in [6.45, 7) is 4.33. The number of aryl methyl sites for hydroxylation is 2. The summed E-state index contributed by atoms with van der Waals surface area (Å²) in [6, 6.07) is 6.01. The third-order valence-corrected chi connectivity index (χ3v) is 2.00. The standard InChI is InChI=1S/C11H16N2O.ClH/c1-8-4-5-9(2)10(6-8)13-11(14)7-12-3;/h4-6,12H,7H2,1-3H3,(H,13,14);1H. The Labute approximate surface area is 96.7 Å². The largest absolute Gasteiger partial charge is 0.325 e. The van der Waals surface area contributed by atoms with Gasteiger partial charge in [0.1, 0.15) is 0 Å². The SMILES string of the molecule is CNCC(=O)Nc1cc(C)ccc1C.Cl. The second kappa shape index (κ2) is 6.43. The van der Waals surface area contributed by atoms with E-state index in [-0.39, 0.29) is 18.3 Å². The van der Waals surface area contributed by atoms with E-state index in [2.05, 4.69) is 10.6 Å². The van der Waals surface area contributed by atoms with Gasteiger partial charge < -0.3 is 10.6 Å². The van der Waals surface area contributed by atoms with Gasteiger partial charge in [-0.1, -0.05) is 12.1 Å². The molecule has 0 aliphatic rings. The van der Waals surface area contributed by atoms with Gasteiger partial charge in [-0.15, -0.1) is 12.4 Å². The molecule has 0 saturated heterocycles. The van der Waals surface area contributed by atoms with Crippen LogP contribution in [0.2, 0.25) is 0 Å². The fraction of sp³-hybridized carbons (Fsp3) is 0.364. The van der Waals surface area contributed by atoms with Gasteiger partial charge in [-0.2, -0.15) is 0 Å². The smallest absolute Gasteiger partial charge is 0.238 e. The predicted octanol–water partition coefficient (Wildman–Crippen LogP) is 1.88. The van der Waals surface area contributed by atoms with E-state index in [1.165, 1.54) is 0 Å². The minimum Gasteiger partial charge on any atom is -0.325 e. The zero-order valence-corrected chi connectivity index (χ0v) is 10.1. The van der Waals surface area contributed by atoms with E-state index >= 15 is 0 Å². The summed E-state index contributed by atoms with van der Waals surface area (Å²) in [5.74, 6) is -0.0128. The van der Waals surface area contributed by atoms with Crippen LogP contribution in [-0.2, 0) is 4.79 Å². The topological polar surface area (TPSA) is 41.1 Å². The van der Waals surface area contributed by atoms with Crippen LogP contribution >= 0.6 is 12.4 Å². The van der Waals surface area contributed by atoms with Gasteiger partial charge in [-0.05, 0) is 38.1 Å². The Hall–Kier alpha value is -1.06. The van der Waals surface area contributed by atoms with Crippen molar-refractivity contribution in [2.75, 3.05) is 18.9 Å². The molecular formula is C11H17ClN2O. The first-order valence-corrected chi connectivity index (χ1v) is 4.65. The molecule has 1 rings (SSSR count). The Morgan fingerprint density at radius 3 is 2.60 bits per heavy atom. The number of hydrogen-bond acceptors (Lipinski definition) is 2. The maximum Gasteiger partial charge on any atom is 0.238 e. The number of nitrogens with one attached hydrogen (secondary N) is 2. The van der Waals surface area contributed by atoms with E-state index in [1.54, 1.807) is 7.05 Å². The van der Waals surface area contributed by atoms with Gasteiger partial charge in [-0.25, -0.2) is 0 Å². The highest BCUT2D eigenvalue weighted by atomic mass is 35.5. The van der Waals surface area contributed by atoms with E-state index in [0.717, 1.165) is 16.8 Å². The molecule has 1 aromatic carbocycles. The predicted molar refractivity (Wildman–Crippen MR) is 65.7 cm³/mol. The Balaban J connectivity index is 0.00000196. The number of likely N-dealkylation sites (N-methyl/N-ethyl adjacent to an activating group) is 1. The molecule has 0 atom stereocenters. The van der Waals surface area contributed by atoms with Crippen molar-refractivity contribution >= 4 is 24.0 Å². The van der Waals surface area contributed by atoms with Crippen molar-refractivity contribution in [3.63, 3.8) is 0 Å². The fourth-order valence-electron chi connectivity index (χ4n) is 1.23. The van der Waals surface area contributed by atoms with Gasteiger partial charge in [-0.3, -0.25) is 4.79 Å². The number of amides is 1. The first-order chi connectivity index (χ1) is 6.63. The third-order valence-electron chi connectivity index (χ3n) is 2.00. The highest BCUT2D eigenvalue weighted by Crippen LogP contribution is 2.15. The van der Waals surface area contributed by atoms with Crippen LogP contribution in [0.25, 0.3) is 0 Å². The number of carbonyl (C=O) groups is 1. The quantitative estimate of drug-likeness (QED) is 0.830. The Kier molecular flexibility index (Phi) is 5.97. The second-order valence-corrected chi connectivity index (χ2v) is 3.40. The number of benzene rings is 1. The van der Waals surface area contributed by atoms with Crippen LogP contribution in [0.4, 0.5) is 5.69 Å². The molecule has 0 spiro atoms. The van der Waals surface area contributed by atoms with Crippen molar-refractivity contribution in [3.05, 3.63) is 29.3 Å². The highest BCUT2D eigenvalue weighted by molar-refractivity contribution is 5.93. The van der Waals surface area contributed by atoms with Crippen molar-refractivity contribution in [2.24, 2.45) is 0 Å². The minimum atomic E-state index is -0.0128. The van der Waals surface area contributed by atoms with E-state index in [0.29, 0.717) is 6.54 Å². The summed E-state index contributed by atoms with van der Waals surface area (Å²) >= 11 is 0. The Bertz CT molecular complexity index is 339. The molecule has 0 unspecified atom stereocenters. The van der Waals surface area contributed by atoms with E-state index in [1.807, 2.05) is 32.0 Å². The summed E-state index contributed by atoms with van der Waals surface area (Å²) in [4.78, 5) is 11.3. The maximum atomic E-state index is 11.3. The summed E-state index contributed by atoms with van der Waals surface area (Å²) in [5.41, 5.74) is 3.13. The van der Waals surface area contributed by atoms with Crippen LogP contribution in [0.1, 0.15) is 11.1 Å². The number of carbonyl (C=O) groups excluding carboxylic acids is 1. The van der Waals surface area contributed by atoms with Gasteiger partial charge >= 0.3 is 0 Å². The number of anilines is 1. The Morgan fingerprint density at radius 1 is 1.33 bits per heavy atom. The fourth-order valence-corrected chi connectivity index (χ4v) is 1.23. The molecule has 84 valence electrons. The average Bonchev–Trinajstić information content (AvgIpc) is 2.12. The van der Waals surface area contributed by atoms with Crippen molar-refractivity contribution in [1.82, 2.24) is 5.32 Å². The van der Waals surface area contributed by atoms with E-state index in [4.69, 9.17) is 0 Å². The lowest BCUT2D eigenvalue weighted by Crippen LogP contribution is -2.25. The molecule has 0 saturated carbocycles. The van der Waals surface area contributed by atoms with Gasteiger partial charge in [0.2, 0.25) is 5.91 Å². The van der Waals surface area contributed by atoms with Gasteiger partial charge in [0.15, 0.2) is 0 Å². The monoisotopic (exact) mass is 228 g/mol. The molecule has 0 aliphatic carbocycles. The minimum absolute atomic E-state index is 0.